The largest absolute Gasteiger partial charge is 0.375 e. The number of hydrogen-bond donors (Lipinski definition) is 5. The zero-order valence-electron chi connectivity index (χ0n) is 18.6. The van der Waals surface area contributed by atoms with Crippen LogP contribution in [0.3, 0.4) is 0 Å². The van der Waals surface area contributed by atoms with Crippen LogP contribution < -0.4 is 21.3 Å². The first-order valence-corrected chi connectivity index (χ1v) is 14.3. The maximum Gasteiger partial charge on any atom is 0.242 e. The first kappa shape index (κ1) is 24.6. The Hall–Kier alpha value is -3.06. The van der Waals surface area contributed by atoms with Crippen molar-refractivity contribution in [2.24, 2.45) is 5.14 Å². The van der Waals surface area contributed by atoms with Crippen LogP contribution >= 0.6 is 11.3 Å². The number of hydrogen-bond acceptors (Lipinski definition) is 11. The zero-order chi connectivity index (χ0) is 25.7. The second-order valence-corrected chi connectivity index (χ2v) is 12.7. The monoisotopic (exact) mass is 552 g/mol. The normalized spacial score (nSPS) is 18.7. The highest BCUT2D eigenvalue weighted by Crippen LogP contribution is 2.41. The van der Waals surface area contributed by atoms with Crippen molar-refractivity contribution in [2.75, 3.05) is 25.5 Å². The van der Waals surface area contributed by atoms with Crippen molar-refractivity contribution in [3.8, 4) is 22.5 Å². The number of aromatic amines is 1. The minimum atomic E-state index is -4.63. The molecule has 0 radical (unpaired) electrons. The number of tetrazole rings is 1. The van der Waals surface area contributed by atoms with Gasteiger partial charge in [-0.1, -0.05) is 29.5 Å². The molecule has 0 spiro atoms. The van der Waals surface area contributed by atoms with E-state index in [9.17, 15) is 16.8 Å². The summed E-state index contributed by atoms with van der Waals surface area (Å²) >= 11 is 1.25. The minimum absolute atomic E-state index is 0.0594. The van der Waals surface area contributed by atoms with E-state index in [0.29, 0.717) is 29.2 Å². The molecular weight excluding hydrogens is 530 g/mol. The van der Waals surface area contributed by atoms with Crippen LogP contribution in [0.1, 0.15) is 6.42 Å². The highest BCUT2D eigenvalue weighted by molar-refractivity contribution is 7.92. The Labute approximate surface area is 209 Å². The number of anilines is 1. The summed E-state index contributed by atoms with van der Waals surface area (Å²) in [4.78, 5) is 3.13. The maximum absolute atomic E-state index is 13.4. The Bertz CT molecular complexity index is 1660. The van der Waals surface area contributed by atoms with Crippen molar-refractivity contribution in [1.29, 1.82) is 0 Å². The van der Waals surface area contributed by atoms with Gasteiger partial charge in [0.25, 0.3) is 0 Å². The summed E-state index contributed by atoms with van der Waals surface area (Å²) in [6.07, 6.45) is 0.547. The molecule has 4 aromatic rings. The molecule has 17 heteroatoms. The minimum Gasteiger partial charge on any atom is -0.375 e. The number of nitrogen functional groups attached to an aromatic ring is 1. The highest BCUT2D eigenvalue weighted by Gasteiger charge is 2.38. The van der Waals surface area contributed by atoms with Crippen molar-refractivity contribution in [2.45, 2.75) is 21.8 Å². The molecule has 36 heavy (non-hydrogen) atoms. The summed E-state index contributed by atoms with van der Waals surface area (Å²) < 4.78 is 61.2. The molecule has 14 nitrogen and oxygen atoms in total. The third-order valence-corrected chi connectivity index (χ3v) is 9.23. The lowest BCUT2D eigenvalue weighted by Crippen LogP contribution is -2.77. The maximum atomic E-state index is 13.4. The van der Waals surface area contributed by atoms with E-state index in [0.717, 1.165) is 4.70 Å². The third-order valence-electron chi connectivity index (χ3n) is 5.81. The number of nitrogens with one attached hydrogen (secondary N) is 2. The SMILES string of the molecule is Nc1nc2c(-c3ccc(S(=O)(=O)NCC4([NH3+])CCOC4)c(S(N)(=O)=O)c3-c3nn[nH]n3)cccc2s1. The van der Waals surface area contributed by atoms with Gasteiger partial charge >= 0.3 is 0 Å². The summed E-state index contributed by atoms with van der Waals surface area (Å²) in [5, 5.41) is 19.5. The van der Waals surface area contributed by atoms with Gasteiger partial charge in [0.1, 0.15) is 21.9 Å². The smallest absolute Gasteiger partial charge is 0.242 e. The molecule has 5 rings (SSSR count). The van der Waals surface area contributed by atoms with Gasteiger partial charge in [0.05, 0.1) is 28.9 Å². The summed E-state index contributed by atoms with van der Waals surface area (Å²) in [7, 11) is -9.00. The molecule has 1 atom stereocenters. The number of ether oxygens (including phenoxy) is 1. The lowest BCUT2D eigenvalue weighted by atomic mass is 9.98. The second kappa shape index (κ2) is 8.80. The van der Waals surface area contributed by atoms with Crippen LogP contribution in [0, 0.1) is 0 Å². The van der Waals surface area contributed by atoms with Crippen LogP contribution in [-0.4, -0.2) is 67.7 Å². The molecule has 1 aliphatic heterocycles. The average Bonchev–Trinajstić information content (AvgIpc) is 3.57. The van der Waals surface area contributed by atoms with E-state index in [4.69, 9.17) is 15.6 Å². The fraction of sp³-hybridized carbons (Fsp3) is 0.263. The van der Waals surface area contributed by atoms with Gasteiger partial charge in [0.2, 0.25) is 25.9 Å². The molecule has 1 aliphatic rings. The number of benzene rings is 2. The molecule has 1 unspecified atom stereocenters. The molecule has 3 heterocycles. The summed E-state index contributed by atoms with van der Waals surface area (Å²) in [6, 6.07) is 7.89. The van der Waals surface area contributed by atoms with Crippen molar-refractivity contribution in [3.63, 3.8) is 0 Å². The highest BCUT2D eigenvalue weighted by atomic mass is 32.2. The number of nitrogens with zero attached hydrogens (tertiary/aromatic N) is 4. The van der Waals surface area contributed by atoms with Crippen LogP contribution in [-0.2, 0) is 24.8 Å². The number of rotatable bonds is 7. The van der Waals surface area contributed by atoms with E-state index in [2.05, 4.69) is 36.1 Å². The van der Waals surface area contributed by atoms with Crippen LogP contribution in [0.5, 0.6) is 0 Å². The number of quaternary nitrogens is 1. The van der Waals surface area contributed by atoms with Gasteiger partial charge in [-0.3, -0.25) is 0 Å². The number of fused-ring (bicyclic) bond motifs is 1. The predicted octanol–water partition coefficient (Wildman–Crippen LogP) is -0.948. The van der Waals surface area contributed by atoms with Crippen molar-refractivity contribution in [1.82, 2.24) is 30.3 Å². The third kappa shape index (κ3) is 4.45. The van der Waals surface area contributed by atoms with Crippen molar-refractivity contribution >= 4 is 46.7 Å². The number of nitrogens with two attached hydrogens (primary N) is 2. The van der Waals surface area contributed by atoms with Crippen LogP contribution in [0.4, 0.5) is 5.13 Å². The van der Waals surface area contributed by atoms with Crippen molar-refractivity contribution < 1.29 is 27.3 Å². The first-order chi connectivity index (χ1) is 17.0. The standard InChI is InChI=1S/C19H21N9O5S3/c20-18-24-15-11(2-1-3-12(15)34-18)10-4-5-13(36(31,32)23-8-19(21)6-7-33-9-19)16(35(22,29)30)14(10)17-25-27-28-26-17/h1-5,23H,6-9,21H2,(H2,20,24)(H2,22,29,30)(H,25,26,27,28)/p+1. The lowest BCUT2D eigenvalue weighted by Gasteiger charge is -2.20. The summed E-state index contributed by atoms with van der Waals surface area (Å²) in [6.45, 7) is 0.665. The number of para-hydroxylation sites is 1. The van der Waals surface area contributed by atoms with Crippen LogP contribution in [0.25, 0.3) is 32.7 Å². The summed E-state index contributed by atoms with van der Waals surface area (Å²) in [5.41, 5.74) is 10.4. The number of primary sulfonamides is 1. The quantitative estimate of drug-likeness (QED) is 0.188. The molecule has 1 saturated heterocycles. The Morgan fingerprint density at radius 1 is 1.19 bits per heavy atom. The van der Waals surface area contributed by atoms with E-state index in [1.54, 1.807) is 12.1 Å². The first-order valence-electron chi connectivity index (χ1n) is 10.5. The van der Waals surface area contributed by atoms with E-state index in [1.165, 1.54) is 23.5 Å². The van der Waals surface area contributed by atoms with E-state index >= 15 is 0 Å². The molecule has 0 bridgehead atoms. The molecular formula is C19H22N9O5S3+. The van der Waals surface area contributed by atoms with Gasteiger partial charge in [-0.05, 0) is 22.9 Å². The fourth-order valence-corrected chi connectivity index (χ4v) is 7.59. The average molecular weight is 553 g/mol. The Kier molecular flexibility index (Phi) is 6.02. The van der Waals surface area contributed by atoms with Gasteiger partial charge in [-0.15, -0.1) is 10.2 Å². The lowest BCUT2D eigenvalue weighted by molar-refractivity contribution is -0.471. The second-order valence-electron chi connectivity index (χ2n) is 8.43. The fourth-order valence-electron chi connectivity index (χ4n) is 4.07. The van der Waals surface area contributed by atoms with Crippen molar-refractivity contribution in [3.05, 3.63) is 30.3 Å². The van der Waals surface area contributed by atoms with Gasteiger partial charge in [0.15, 0.2) is 5.13 Å². The van der Waals surface area contributed by atoms with Gasteiger partial charge in [-0.25, -0.2) is 31.7 Å². The Balaban J connectivity index is 1.76. The van der Waals surface area contributed by atoms with E-state index < -0.39 is 35.4 Å². The zero-order valence-corrected chi connectivity index (χ0v) is 21.1. The van der Waals surface area contributed by atoms with Crippen LogP contribution in [0.2, 0.25) is 0 Å². The number of H-pyrrole nitrogens is 1. The molecule has 2 aromatic heterocycles. The molecule has 0 aliphatic carbocycles. The molecule has 0 saturated carbocycles. The van der Waals surface area contributed by atoms with Gasteiger partial charge in [0, 0.05) is 12.0 Å². The Morgan fingerprint density at radius 3 is 2.67 bits per heavy atom. The van der Waals surface area contributed by atoms with Gasteiger partial charge in [-0.2, -0.15) is 5.21 Å². The molecule has 9 N–H and O–H groups in total. The van der Waals surface area contributed by atoms with Crippen LogP contribution in [0.15, 0.2) is 40.1 Å². The van der Waals surface area contributed by atoms with Gasteiger partial charge < -0.3 is 16.2 Å². The predicted molar refractivity (Wildman–Crippen MR) is 130 cm³/mol. The number of aromatic nitrogens is 5. The number of sulfonamides is 2. The van der Waals surface area contributed by atoms with E-state index in [1.807, 2.05) is 6.07 Å². The number of thiazole rings is 1. The van der Waals surface area contributed by atoms with E-state index in [-0.39, 0.29) is 30.1 Å². The topological polar surface area (TPSA) is 237 Å². The molecule has 1 fully saturated rings. The Morgan fingerprint density at radius 2 is 2.00 bits per heavy atom. The molecule has 2 aromatic carbocycles. The summed E-state index contributed by atoms with van der Waals surface area (Å²) in [5.74, 6) is -0.163. The molecule has 0 amide bonds. The molecule has 190 valence electrons.